The summed E-state index contributed by atoms with van der Waals surface area (Å²) in [7, 11) is 0. The SMILES string of the molecule is C[C@]12CC[C@@H](OC3O[C@H](C(=O)O)[C@@H](O)[C@H](O)[C@H]3O)CC1CC[C@@H]1[C@@H]2[C@@H](O)C[C@]2(C)C(=O)CC[C@@H]12. The van der Waals surface area contributed by atoms with E-state index in [1.54, 1.807) is 0 Å². The summed E-state index contributed by atoms with van der Waals surface area (Å²) in [5.74, 6) is -0.0129. The Kier molecular flexibility index (Phi) is 6.14. The number of carbonyl (C=O) groups excluding carboxylic acids is 1. The number of carbonyl (C=O) groups is 2. The van der Waals surface area contributed by atoms with E-state index in [0.29, 0.717) is 43.3 Å². The zero-order valence-electron chi connectivity index (χ0n) is 19.9. The normalized spacial score (nSPS) is 55.2. The molecular formula is C25H38O9. The molecule has 1 heterocycles. The lowest BCUT2D eigenvalue weighted by Crippen LogP contribution is -2.62. The van der Waals surface area contributed by atoms with Gasteiger partial charge in [0, 0.05) is 11.8 Å². The van der Waals surface area contributed by atoms with Gasteiger partial charge in [-0.15, -0.1) is 0 Å². The van der Waals surface area contributed by atoms with E-state index in [1.807, 2.05) is 0 Å². The van der Waals surface area contributed by atoms with Gasteiger partial charge in [-0.3, -0.25) is 4.79 Å². The number of aliphatic hydroxyl groups excluding tert-OH is 4. The summed E-state index contributed by atoms with van der Waals surface area (Å²) < 4.78 is 11.3. The lowest BCUT2D eigenvalue weighted by molar-refractivity contribution is -0.310. The van der Waals surface area contributed by atoms with Crippen molar-refractivity contribution in [1.82, 2.24) is 0 Å². The number of aliphatic carboxylic acids is 1. The molecule has 1 aliphatic heterocycles. The molecular weight excluding hydrogens is 444 g/mol. The number of ketones is 1. The summed E-state index contributed by atoms with van der Waals surface area (Å²) in [6.07, 6.45) is -2.58. The predicted octanol–water partition coefficient (Wildman–Crippen LogP) is 0.846. The van der Waals surface area contributed by atoms with Gasteiger partial charge < -0.3 is 35.0 Å². The fraction of sp³-hybridized carbons (Fsp3) is 0.920. The molecule has 0 aromatic carbocycles. The van der Waals surface area contributed by atoms with Gasteiger partial charge >= 0.3 is 5.97 Å². The fourth-order valence-corrected chi connectivity index (χ4v) is 8.59. The molecule has 4 aliphatic carbocycles. The van der Waals surface area contributed by atoms with Crippen molar-refractivity contribution < 1.29 is 44.6 Å². The molecule has 13 atom stereocenters. The Bertz CT molecular complexity index is 833. The molecule has 5 N–H and O–H groups in total. The molecule has 0 bridgehead atoms. The van der Waals surface area contributed by atoms with Gasteiger partial charge in [0.05, 0.1) is 12.2 Å². The number of carboxylic acids is 1. The van der Waals surface area contributed by atoms with Crippen molar-refractivity contribution in [2.45, 2.75) is 108 Å². The van der Waals surface area contributed by atoms with Gasteiger partial charge in [0.15, 0.2) is 12.4 Å². The Balaban J connectivity index is 1.29. The van der Waals surface area contributed by atoms with Crippen LogP contribution in [0.4, 0.5) is 0 Å². The second-order valence-corrected chi connectivity index (χ2v) is 12.0. The highest BCUT2D eigenvalue weighted by atomic mass is 16.7. The highest BCUT2D eigenvalue weighted by molar-refractivity contribution is 5.87. The molecule has 0 amide bonds. The molecule has 0 spiro atoms. The number of hydrogen-bond donors (Lipinski definition) is 5. The second kappa shape index (κ2) is 8.49. The topological polar surface area (TPSA) is 154 Å². The van der Waals surface area contributed by atoms with E-state index in [9.17, 15) is 35.1 Å². The number of rotatable bonds is 3. The van der Waals surface area contributed by atoms with Crippen LogP contribution in [-0.4, -0.2) is 80.2 Å². The van der Waals surface area contributed by atoms with E-state index in [2.05, 4.69) is 13.8 Å². The number of hydrogen-bond acceptors (Lipinski definition) is 8. The van der Waals surface area contributed by atoms with E-state index in [-0.39, 0.29) is 23.4 Å². The molecule has 192 valence electrons. The molecule has 4 saturated carbocycles. The molecule has 0 radical (unpaired) electrons. The van der Waals surface area contributed by atoms with Gasteiger partial charge in [0.1, 0.15) is 24.1 Å². The summed E-state index contributed by atoms with van der Waals surface area (Å²) in [5, 5.41) is 50.9. The second-order valence-electron chi connectivity index (χ2n) is 12.0. The first-order valence-electron chi connectivity index (χ1n) is 12.8. The average molecular weight is 483 g/mol. The number of fused-ring (bicyclic) bond motifs is 5. The van der Waals surface area contributed by atoms with Crippen molar-refractivity contribution in [2.75, 3.05) is 0 Å². The van der Waals surface area contributed by atoms with Crippen LogP contribution in [0.25, 0.3) is 0 Å². The Morgan fingerprint density at radius 1 is 1.03 bits per heavy atom. The van der Waals surface area contributed by atoms with Crippen LogP contribution in [0.2, 0.25) is 0 Å². The Labute approximate surface area is 199 Å². The minimum absolute atomic E-state index is 0.0828. The van der Waals surface area contributed by atoms with Gasteiger partial charge in [-0.2, -0.15) is 0 Å². The summed E-state index contributed by atoms with van der Waals surface area (Å²) >= 11 is 0. The Morgan fingerprint density at radius 2 is 1.76 bits per heavy atom. The average Bonchev–Trinajstić information content (AvgIpc) is 3.07. The van der Waals surface area contributed by atoms with Crippen molar-refractivity contribution in [3.63, 3.8) is 0 Å². The smallest absolute Gasteiger partial charge is 0.335 e. The van der Waals surface area contributed by atoms with Crippen molar-refractivity contribution >= 4 is 11.8 Å². The Hall–Kier alpha value is -1.10. The van der Waals surface area contributed by atoms with E-state index < -0.39 is 48.2 Å². The minimum Gasteiger partial charge on any atom is -0.479 e. The van der Waals surface area contributed by atoms with E-state index in [0.717, 1.165) is 25.7 Å². The zero-order chi connectivity index (χ0) is 24.6. The quantitative estimate of drug-likeness (QED) is 0.368. The lowest BCUT2D eigenvalue weighted by Gasteiger charge is -2.61. The Morgan fingerprint density at radius 3 is 2.47 bits per heavy atom. The van der Waals surface area contributed by atoms with Crippen LogP contribution in [0.3, 0.4) is 0 Å². The van der Waals surface area contributed by atoms with Crippen LogP contribution in [0.1, 0.15) is 65.2 Å². The highest BCUT2D eigenvalue weighted by Crippen LogP contribution is 2.65. The molecule has 1 saturated heterocycles. The molecule has 5 rings (SSSR count). The maximum atomic E-state index is 12.7. The highest BCUT2D eigenvalue weighted by Gasteiger charge is 2.63. The summed E-state index contributed by atoms with van der Waals surface area (Å²) in [6.45, 7) is 4.32. The zero-order valence-corrected chi connectivity index (χ0v) is 19.9. The molecule has 0 aromatic rings. The van der Waals surface area contributed by atoms with E-state index in [1.165, 1.54) is 0 Å². The molecule has 0 aromatic heterocycles. The van der Waals surface area contributed by atoms with E-state index >= 15 is 0 Å². The van der Waals surface area contributed by atoms with Gasteiger partial charge in [0.25, 0.3) is 0 Å². The van der Waals surface area contributed by atoms with Gasteiger partial charge in [-0.25, -0.2) is 4.79 Å². The third-order valence-corrected chi connectivity index (χ3v) is 10.4. The molecule has 5 fully saturated rings. The number of aliphatic hydroxyl groups is 4. The number of ether oxygens (including phenoxy) is 2. The fourth-order valence-electron chi connectivity index (χ4n) is 8.59. The summed E-state index contributed by atoms with van der Waals surface area (Å²) in [5.41, 5.74) is -0.481. The summed E-state index contributed by atoms with van der Waals surface area (Å²) in [6, 6.07) is 0. The first-order valence-corrected chi connectivity index (χ1v) is 12.8. The maximum absolute atomic E-state index is 12.7. The van der Waals surface area contributed by atoms with Crippen molar-refractivity contribution in [3.05, 3.63) is 0 Å². The predicted molar refractivity (Wildman–Crippen MR) is 117 cm³/mol. The molecule has 2 unspecified atom stereocenters. The standard InChI is InChI=1S/C25H38O9/c1-24-8-7-12(33-23-20(30)18(28)19(29)21(34-23)22(31)32)9-11(24)3-4-13-14-5-6-16(27)25(14,2)10-15(26)17(13)24/h11-15,17-21,23,26,28-30H,3-10H2,1-2H3,(H,31,32)/t11?,12-,13+,14+,15+,17-,18+,19+,20-,21+,23?,24+,25+/m1/s1. The van der Waals surface area contributed by atoms with Crippen LogP contribution in [0.15, 0.2) is 0 Å². The lowest BCUT2D eigenvalue weighted by atomic mass is 9.44. The largest absolute Gasteiger partial charge is 0.479 e. The van der Waals surface area contributed by atoms with Gasteiger partial charge in [0.2, 0.25) is 0 Å². The number of Topliss-reactive ketones (excluding diaryl/α,β-unsaturated/α-hetero) is 1. The van der Waals surface area contributed by atoms with Crippen LogP contribution in [-0.2, 0) is 19.1 Å². The van der Waals surface area contributed by atoms with Crippen LogP contribution >= 0.6 is 0 Å². The maximum Gasteiger partial charge on any atom is 0.335 e. The van der Waals surface area contributed by atoms with Gasteiger partial charge in [-0.1, -0.05) is 13.8 Å². The third-order valence-electron chi connectivity index (χ3n) is 10.4. The number of carboxylic acid groups (broad SMARTS) is 1. The molecule has 5 aliphatic rings. The van der Waals surface area contributed by atoms with Crippen molar-refractivity contribution in [3.8, 4) is 0 Å². The van der Waals surface area contributed by atoms with E-state index in [4.69, 9.17) is 9.47 Å². The van der Waals surface area contributed by atoms with Crippen molar-refractivity contribution in [1.29, 1.82) is 0 Å². The van der Waals surface area contributed by atoms with Gasteiger partial charge in [-0.05, 0) is 74.0 Å². The monoisotopic (exact) mass is 482 g/mol. The van der Waals surface area contributed by atoms with Crippen molar-refractivity contribution in [2.24, 2.45) is 34.5 Å². The van der Waals surface area contributed by atoms with Crippen LogP contribution in [0, 0.1) is 34.5 Å². The molecule has 34 heavy (non-hydrogen) atoms. The first kappa shape index (κ1) is 24.6. The minimum atomic E-state index is -1.74. The molecule has 9 nitrogen and oxygen atoms in total. The third kappa shape index (κ3) is 3.58. The first-order chi connectivity index (χ1) is 16.0. The summed E-state index contributed by atoms with van der Waals surface area (Å²) in [4.78, 5) is 24.0. The van der Waals surface area contributed by atoms with Crippen LogP contribution in [0.5, 0.6) is 0 Å². The van der Waals surface area contributed by atoms with Crippen LogP contribution < -0.4 is 0 Å². The molecule has 9 heteroatoms.